The molecule has 1 aliphatic carbocycles. The Morgan fingerprint density at radius 3 is 2.61 bits per heavy atom. The van der Waals surface area contributed by atoms with Gasteiger partial charge in [-0.2, -0.15) is 4.72 Å². The number of hydrogen-bond donors (Lipinski definition) is 2. The van der Waals surface area contributed by atoms with Gasteiger partial charge in [-0.3, -0.25) is 4.79 Å². The summed E-state index contributed by atoms with van der Waals surface area (Å²) in [4.78, 5) is 11.0. The highest BCUT2D eigenvalue weighted by atomic mass is 35.5. The Balaban J connectivity index is 2.23. The molecule has 5 nitrogen and oxygen atoms in total. The molecule has 2 N–H and O–H groups in total. The molecule has 0 saturated heterocycles. The molecule has 0 heterocycles. The molecule has 1 saturated carbocycles. The molecule has 1 aliphatic rings. The predicted octanol–water partition coefficient (Wildman–Crippen LogP) is 1.48. The topological polar surface area (TPSA) is 83.5 Å². The van der Waals surface area contributed by atoms with Gasteiger partial charge in [0.05, 0.1) is 4.90 Å². The summed E-state index contributed by atoms with van der Waals surface area (Å²) in [6.07, 6.45) is 1.46. The maximum absolute atomic E-state index is 12.0. The van der Waals surface area contributed by atoms with Crippen LogP contribution in [0.5, 0.6) is 0 Å². The van der Waals surface area contributed by atoms with E-state index < -0.39 is 22.0 Å². The zero-order chi connectivity index (χ0) is 13.3. The standard InChI is InChI=1S/C11H12ClNO4S/c12-8-2-1-3-9(6-8)18(16,17)13-10(11(14)15)7-4-5-7/h1-3,6-7,10,13H,4-5H2,(H,14,15). The second-order valence-electron chi connectivity index (χ2n) is 4.23. The summed E-state index contributed by atoms with van der Waals surface area (Å²) < 4.78 is 26.2. The van der Waals surface area contributed by atoms with E-state index in [2.05, 4.69) is 4.72 Å². The Morgan fingerprint density at radius 1 is 1.44 bits per heavy atom. The van der Waals surface area contributed by atoms with E-state index in [1.165, 1.54) is 18.2 Å². The number of carboxylic acid groups (broad SMARTS) is 1. The lowest BCUT2D eigenvalue weighted by atomic mass is 10.2. The van der Waals surface area contributed by atoms with E-state index >= 15 is 0 Å². The van der Waals surface area contributed by atoms with E-state index in [0.29, 0.717) is 0 Å². The van der Waals surface area contributed by atoms with Gasteiger partial charge in [0, 0.05) is 5.02 Å². The summed E-state index contributed by atoms with van der Waals surface area (Å²) in [5, 5.41) is 9.28. The lowest BCUT2D eigenvalue weighted by Gasteiger charge is -2.13. The number of carboxylic acids is 1. The van der Waals surface area contributed by atoms with Crippen molar-refractivity contribution in [2.75, 3.05) is 0 Å². The van der Waals surface area contributed by atoms with Crippen molar-refractivity contribution < 1.29 is 18.3 Å². The Labute approximate surface area is 110 Å². The van der Waals surface area contributed by atoms with Crippen LogP contribution in [0.4, 0.5) is 0 Å². The van der Waals surface area contributed by atoms with Crippen molar-refractivity contribution in [3.63, 3.8) is 0 Å². The highest BCUT2D eigenvalue weighted by Gasteiger charge is 2.39. The number of rotatable bonds is 5. The third-order valence-electron chi connectivity index (χ3n) is 2.75. The van der Waals surface area contributed by atoms with Crippen molar-refractivity contribution in [2.45, 2.75) is 23.8 Å². The molecule has 2 rings (SSSR count). The van der Waals surface area contributed by atoms with Gasteiger partial charge in [0.1, 0.15) is 6.04 Å². The molecule has 7 heteroatoms. The number of halogens is 1. The van der Waals surface area contributed by atoms with Gasteiger partial charge in [0.2, 0.25) is 10.0 Å². The van der Waals surface area contributed by atoms with Gasteiger partial charge in [-0.15, -0.1) is 0 Å². The Hall–Kier alpha value is -1.11. The molecule has 0 spiro atoms. The van der Waals surface area contributed by atoms with Crippen molar-refractivity contribution in [2.24, 2.45) is 5.92 Å². The number of hydrogen-bond acceptors (Lipinski definition) is 3. The van der Waals surface area contributed by atoms with Crippen LogP contribution in [0.15, 0.2) is 29.2 Å². The number of benzene rings is 1. The summed E-state index contributed by atoms with van der Waals surface area (Å²) in [5.41, 5.74) is 0. The van der Waals surface area contributed by atoms with E-state index in [0.717, 1.165) is 12.8 Å². The third-order valence-corrected chi connectivity index (χ3v) is 4.42. The van der Waals surface area contributed by atoms with Crippen molar-refractivity contribution in [3.8, 4) is 0 Å². The van der Waals surface area contributed by atoms with Crippen LogP contribution >= 0.6 is 11.6 Å². The molecule has 18 heavy (non-hydrogen) atoms. The van der Waals surface area contributed by atoms with Gasteiger partial charge in [-0.05, 0) is 37.0 Å². The van der Waals surface area contributed by atoms with Crippen molar-refractivity contribution >= 4 is 27.6 Å². The largest absolute Gasteiger partial charge is 0.480 e. The Morgan fingerprint density at radius 2 is 2.11 bits per heavy atom. The maximum atomic E-state index is 12.0. The second kappa shape index (κ2) is 4.87. The Kier molecular flexibility index (Phi) is 3.61. The predicted molar refractivity (Wildman–Crippen MR) is 65.9 cm³/mol. The van der Waals surface area contributed by atoms with E-state index in [-0.39, 0.29) is 15.8 Å². The first-order valence-corrected chi connectivity index (χ1v) is 7.27. The molecule has 0 radical (unpaired) electrons. The van der Waals surface area contributed by atoms with Crippen molar-refractivity contribution in [1.29, 1.82) is 0 Å². The van der Waals surface area contributed by atoms with Crippen LogP contribution < -0.4 is 4.72 Å². The summed E-state index contributed by atoms with van der Waals surface area (Å²) in [5.74, 6) is -1.26. The molecule has 98 valence electrons. The third kappa shape index (κ3) is 3.01. The summed E-state index contributed by atoms with van der Waals surface area (Å²) in [7, 11) is -3.85. The molecule has 1 unspecified atom stereocenters. The molecule has 1 fully saturated rings. The molecular weight excluding hydrogens is 278 g/mol. The molecule has 1 aromatic rings. The molecule has 0 bridgehead atoms. The van der Waals surface area contributed by atoms with Gasteiger partial charge in [0.15, 0.2) is 0 Å². The highest BCUT2D eigenvalue weighted by Crippen LogP contribution is 2.33. The van der Waals surface area contributed by atoms with Crippen LogP contribution in [0.2, 0.25) is 5.02 Å². The highest BCUT2D eigenvalue weighted by molar-refractivity contribution is 7.89. The van der Waals surface area contributed by atoms with Crippen molar-refractivity contribution in [3.05, 3.63) is 29.3 Å². The van der Waals surface area contributed by atoms with Crippen molar-refractivity contribution in [1.82, 2.24) is 4.72 Å². The minimum Gasteiger partial charge on any atom is -0.480 e. The van der Waals surface area contributed by atoms with Crippen LogP contribution in [-0.2, 0) is 14.8 Å². The van der Waals surface area contributed by atoms with E-state index in [1.807, 2.05) is 0 Å². The van der Waals surface area contributed by atoms with Gasteiger partial charge >= 0.3 is 5.97 Å². The minimum absolute atomic E-state index is 0.0260. The molecule has 1 atom stereocenters. The van der Waals surface area contributed by atoms with Gasteiger partial charge in [0.25, 0.3) is 0 Å². The zero-order valence-corrected chi connectivity index (χ0v) is 10.9. The van der Waals surface area contributed by atoms with Crippen LogP contribution in [-0.4, -0.2) is 25.5 Å². The SMILES string of the molecule is O=C(O)C(NS(=O)(=O)c1cccc(Cl)c1)C1CC1. The number of nitrogens with one attached hydrogen (secondary N) is 1. The molecule has 0 aliphatic heterocycles. The van der Waals surface area contributed by atoms with Crippen LogP contribution in [0.1, 0.15) is 12.8 Å². The fourth-order valence-electron chi connectivity index (χ4n) is 1.65. The molecule has 0 amide bonds. The number of carbonyl (C=O) groups is 1. The van der Waals surface area contributed by atoms with Crippen LogP contribution in [0, 0.1) is 5.92 Å². The first-order valence-electron chi connectivity index (χ1n) is 5.41. The van der Waals surface area contributed by atoms with Crippen LogP contribution in [0.25, 0.3) is 0 Å². The van der Waals surface area contributed by atoms with Crippen LogP contribution in [0.3, 0.4) is 0 Å². The lowest BCUT2D eigenvalue weighted by molar-refractivity contribution is -0.139. The summed E-state index contributed by atoms with van der Waals surface area (Å²) >= 11 is 5.72. The molecule has 0 aromatic heterocycles. The average molecular weight is 290 g/mol. The first kappa shape index (κ1) is 13.3. The fourth-order valence-corrected chi connectivity index (χ4v) is 3.21. The van der Waals surface area contributed by atoms with E-state index in [4.69, 9.17) is 16.7 Å². The quantitative estimate of drug-likeness (QED) is 0.860. The van der Waals surface area contributed by atoms with E-state index in [9.17, 15) is 13.2 Å². The normalized spacial score (nSPS) is 17.4. The lowest BCUT2D eigenvalue weighted by Crippen LogP contribution is -2.42. The zero-order valence-electron chi connectivity index (χ0n) is 9.34. The first-order chi connectivity index (χ1) is 8.40. The summed E-state index contributed by atoms with van der Waals surface area (Å²) in [6, 6.07) is 4.66. The number of aliphatic carboxylic acids is 1. The van der Waals surface area contributed by atoms with E-state index in [1.54, 1.807) is 6.07 Å². The molecule has 1 aromatic carbocycles. The number of sulfonamides is 1. The minimum atomic E-state index is -3.85. The Bertz CT molecular complexity index is 568. The summed E-state index contributed by atoms with van der Waals surface area (Å²) in [6.45, 7) is 0. The van der Waals surface area contributed by atoms with Gasteiger partial charge in [-0.1, -0.05) is 17.7 Å². The average Bonchev–Trinajstić information content (AvgIpc) is 3.09. The molecular formula is C11H12ClNO4S. The second-order valence-corrected chi connectivity index (χ2v) is 6.38. The van der Waals surface area contributed by atoms with Gasteiger partial charge < -0.3 is 5.11 Å². The monoisotopic (exact) mass is 289 g/mol. The smallest absolute Gasteiger partial charge is 0.322 e. The fraction of sp³-hybridized carbons (Fsp3) is 0.364. The van der Waals surface area contributed by atoms with Gasteiger partial charge in [-0.25, -0.2) is 8.42 Å². The maximum Gasteiger partial charge on any atom is 0.322 e.